The highest BCUT2D eigenvalue weighted by Crippen LogP contribution is 2.14. The van der Waals surface area contributed by atoms with E-state index in [1.807, 2.05) is 24.5 Å². The van der Waals surface area contributed by atoms with Crippen LogP contribution in [-0.2, 0) is 13.0 Å². The van der Waals surface area contributed by atoms with Crippen LogP contribution < -0.4 is 11.3 Å². The second kappa shape index (κ2) is 5.52. The zero-order valence-electron chi connectivity index (χ0n) is 10.5. The summed E-state index contributed by atoms with van der Waals surface area (Å²) in [5.41, 5.74) is 6.38. The maximum atomic E-state index is 5.67. The lowest BCUT2D eigenvalue weighted by molar-refractivity contribution is 0.461. The molecule has 0 saturated heterocycles. The Kier molecular flexibility index (Phi) is 3.59. The Bertz CT molecular complexity index is 644. The topological polar surface area (TPSA) is 55.9 Å². The van der Waals surface area contributed by atoms with Crippen LogP contribution in [-0.4, -0.2) is 15.6 Å². The maximum Gasteiger partial charge on any atom is 0.0958 e. The van der Waals surface area contributed by atoms with Gasteiger partial charge in [0.1, 0.15) is 0 Å². The number of hydrazine groups is 1. The number of nitrogens with one attached hydrogen (secondary N) is 1. The number of thiophene rings is 1. The molecule has 4 nitrogen and oxygen atoms in total. The third-order valence-corrected chi connectivity index (χ3v) is 3.97. The average molecular weight is 272 g/mol. The molecule has 3 N–H and O–H groups in total. The first-order valence-corrected chi connectivity index (χ1v) is 7.18. The van der Waals surface area contributed by atoms with E-state index in [1.165, 1.54) is 5.56 Å². The lowest BCUT2D eigenvalue weighted by Crippen LogP contribution is -2.39. The second-order valence-corrected chi connectivity index (χ2v) is 5.36. The number of aromatic nitrogens is 2. The third-order valence-electron chi connectivity index (χ3n) is 3.24. The van der Waals surface area contributed by atoms with E-state index in [-0.39, 0.29) is 6.04 Å². The van der Waals surface area contributed by atoms with Gasteiger partial charge in [-0.1, -0.05) is 12.1 Å². The van der Waals surface area contributed by atoms with Crippen molar-refractivity contribution in [3.05, 3.63) is 53.0 Å². The van der Waals surface area contributed by atoms with Gasteiger partial charge in [-0.15, -0.1) is 0 Å². The number of hydrogen-bond acceptors (Lipinski definition) is 4. The SMILES string of the molecule is NNC(Cc1ccsc1)Cn1cnc2ccccc21. The van der Waals surface area contributed by atoms with Crippen LogP contribution in [0.1, 0.15) is 5.56 Å². The van der Waals surface area contributed by atoms with Crippen molar-refractivity contribution in [3.63, 3.8) is 0 Å². The summed E-state index contributed by atoms with van der Waals surface area (Å²) >= 11 is 1.71. The minimum atomic E-state index is 0.201. The van der Waals surface area contributed by atoms with Crippen LogP contribution in [0.4, 0.5) is 0 Å². The molecule has 0 aliphatic heterocycles. The summed E-state index contributed by atoms with van der Waals surface area (Å²) < 4.78 is 2.15. The minimum Gasteiger partial charge on any atom is -0.329 e. The molecule has 0 aliphatic carbocycles. The van der Waals surface area contributed by atoms with Crippen LogP contribution in [0, 0.1) is 0 Å². The largest absolute Gasteiger partial charge is 0.329 e. The van der Waals surface area contributed by atoms with Gasteiger partial charge in [-0.3, -0.25) is 11.3 Å². The summed E-state index contributed by atoms with van der Waals surface area (Å²) in [6.45, 7) is 0.812. The molecule has 98 valence electrons. The van der Waals surface area contributed by atoms with Gasteiger partial charge in [-0.2, -0.15) is 11.3 Å². The van der Waals surface area contributed by atoms with Crippen LogP contribution in [0.15, 0.2) is 47.4 Å². The Labute approximate surface area is 115 Å². The van der Waals surface area contributed by atoms with E-state index in [2.05, 4.69) is 37.9 Å². The summed E-state index contributed by atoms with van der Waals surface area (Å²) in [5, 5.41) is 4.26. The maximum absolute atomic E-state index is 5.67. The molecule has 0 fully saturated rings. The van der Waals surface area contributed by atoms with Gasteiger partial charge >= 0.3 is 0 Å². The van der Waals surface area contributed by atoms with Gasteiger partial charge in [-0.25, -0.2) is 4.98 Å². The fourth-order valence-corrected chi connectivity index (χ4v) is 2.94. The van der Waals surface area contributed by atoms with Crippen molar-refractivity contribution in [3.8, 4) is 0 Å². The molecule has 5 heteroatoms. The average Bonchev–Trinajstić information content (AvgIpc) is 3.08. The summed E-state index contributed by atoms with van der Waals surface area (Å²) in [5.74, 6) is 5.67. The predicted molar refractivity (Wildman–Crippen MR) is 78.9 cm³/mol. The number of nitrogens with two attached hydrogens (primary N) is 1. The van der Waals surface area contributed by atoms with Crippen molar-refractivity contribution in [2.24, 2.45) is 5.84 Å². The monoisotopic (exact) mass is 272 g/mol. The van der Waals surface area contributed by atoms with Gasteiger partial charge < -0.3 is 4.57 Å². The van der Waals surface area contributed by atoms with Crippen molar-refractivity contribution in [1.82, 2.24) is 15.0 Å². The lowest BCUT2D eigenvalue weighted by Gasteiger charge is -2.16. The molecule has 2 aromatic heterocycles. The Morgan fingerprint density at radius 2 is 2.21 bits per heavy atom. The highest BCUT2D eigenvalue weighted by atomic mass is 32.1. The third kappa shape index (κ3) is 2.68. The van der Waals surface area contributed by atoms with Crippen molar-refractivity contribution in [2.45, 2.75) is 19.0 Å². The molecule has 0 aliphatic rings. The standard InChI is InChI=1S/C14H16N4S/c15-17-12(7-11-5-6-19-9-11)8-18-10-16-13-3-1-2-4-14(13)18/h1-6,9-10,12,17H,7-8,15H2. The number of rotatable bonds is 5. The zero-order valence-corrected chi connectivity index (χ0v) is 11.3. The molecule has 1 aromatic carbocycles. The van der Waals surface area contributed by atoms with E-state index in [1.54, 1.807) is 11.3 Å². The Hall–Kier alpha value is -1.69. The Morgan fingerprint density at radius 1 is 1.32 bits per heavy atom. The molecule has 2 heterocycles. The van der Waals surface area contributed by atoms with Gasteiger partial charge in [0, 0.05) is 12.6 Å². The van der Waals surface area contributed by atoms with Crippen LogP contribution >= 0.6 is 11.3 Å². The van der Waals surface area contributed by atoms with Crippen molar-refractivity contribution >= 4 is 22.4 Å². The molecule has 3 aromatic rings. The van der Waals surface area contributed by atoms with Gasteiger partial charge in [0.05, 0.1) is 17.4 Å². The molecule has 19 heavy (non-hydrogen) atoms. The first kappa shape index (κ1) is 12.3. The molecule has 1 atom stereocenters. The van der Waals surface area contributed by atoms with E-state index in [0.717, 1.165) is 24.0 Å². The van der Waals surface area contributed by atoms with E-state index in [4.69, 9.17) is 5.84 Å². The molecular formula is C14H16N4S. The summed E-state index contributed by atoms with van der Waals surface area (Å²) in [7, 11) is 0. The van der Waals surface area contributed by atoms with E-state index in [9.17, 15) is 0 Å². The quantitative estimate of drug-likeness (QED) is 0.553. The highest BCUT2D eigenvalue weighted by Gasteiger charge is 2.11. The smallest absolute Gasteiger partial charge is 0.0958 e. The molecule has 0 spiro atoms. The normalized spacial score (nSPS) is 12.9. The van der Waals surface area contributed by atoms with Gasteiger partial charge in [0.2, 0.25) is 0 Å². The van der Waals surface area contributed by atoms with Crippen LogP contribution in [0.3, 0.4) is 0 Å². The number of benzene rings is 1. The molecular weight excluding hydrogens is 256 g/mol. The van der Waals surface area contributed by atoms with E-state index < -0.39 is 0 Å². The molecule has 0 amide bonds. The molecule has 0 saturated carbocycles. The predicted octanol–water partition coefficient (Wildman–Crippen LogP) is 2.17. The number of imidazole rings is 1. The summed E-state index contributed by atoms with van der Waals surface area (Å²) in [6.07, 6.45) is 2.80. The highest BCUT2D eigenvalue weighted by molar-refractivity contribution is 7.07. The van der Waals surface area contributed by atoms with E-state index >= 15 is 0 Å². The van der Waals surface area contributed by atoms with Crippen molar-refractivity contribution < 1.29 is 0 Å². The van der Waals surface area contributed by atoms with Gasteiger partial charge in [0.15, 0.2) is 0 Å². The lowest BCUT2D eigenvalue weighted by atomic mass is 10.1. The number of hydrogen-bond donors (Lipinski definition) is 2. The summed E-state index contributed by atoms with van der Waals surface area (Å²) in [4.78, 5) is 4.40. The molecule has 0 radical (unpaired) electrons. The minimum absolute atomic E-state index is 0.201. The second-order valence-electron chi connectivity index (χ2n) is 4.58. The van der Waals surface area contributed by atoms with Crippen LogP contribution in [0.25, 0.3) is 11.0 Å². The van der Waals surface area contributed by atoms with Crippen LogP contribution in [0.5, 0.6) is 0 Å². The number of fused-ring (bicyclic) bond motifs is 1. The zero-order chi connectivity index (χ0) is 13.1. The fourth-order valence-electron chi connectivity index (χ4n) is 2.26. The number of para-hydroxylation sites is 2. The van der Waals surface area contributed by atoms with Gasteiger partial charge in [-0.05, 0) is 40.9 Å². The first-order chi connectivity index (χ1) is 9.36. The molecule has 3 rings (SSSR count). The summed E-state index contributed by atoms with van der Waals surface area (Å²) in [6, 6.07) is 10.5. The van der Waals surface area contributed by atoms with Crippen molar-refractivity contribution in [1.29, 1.82) is 0 Å². The molecule has 0 bridgehead atoms. The Balaban J connectivity index is 1.78. The fraction of sp³-hybridized carbons (Fsp3) is 0.214. The van der Waals surface area contributed by atoms with Gasteiger partial charge in [0.25, 0.3) is 0 Å². The Morgan fingerprint density at radius 3 is 3.00 bits per heavy atom. The first-order valence-electron chi connectivity index (χ1n) is 6.24. The van der Waals surface area contributed by atoms with Crippen LogP contribution in [0.2, 0.25) is 0 Å². The van der Waals surface area contributed by atoms with E-state index in [0.29, 0.717) is 0 Å². The van der Waals surface area contributed by atoms with Crippen molar-refractivity contribution in [2.75, 3.05) is 0 Å². The molecule has 1 unspecified atom stereocenters. The number of nitrogens with zero attached hydrogens (tertiary/aromatic N) is 2.